The van der Waals surface area contributed by atoms with Gasteiger partial charge in [0.15, 0.2) is 5.69 Å². The number of nitrogens with one attached hydrogen (secondary N) is 3. The van der Waals surface area contributed by atoms with Crippen LogP contribution in [0.25, 0.3) is 0 Å². The number of carbonyl (C=O) groups excluding carboxylic acids is 2. The predicted molar refractivity (Wildman–Crippen MR) is 83.8 cm³/mol. The van der Waals surface area contributed by atoms with Crippen molar-refractivity contribution >= 4 is 18.3 Å². The van der Waals surface area contributed by atoms with Crippen LogP contribution in [0.3, 0.4) is 0 Å². The summed E-state index contributed by atoms with van der Waals surface area (Å²) in [5.41, 5.74) is 1.76. The van der Waals surface area contributed by atoms with Crippen molar-refractivity contribution in [2.45, 2.75) is 38.8 Å². The van der Waals surface area contributed by atoms with Crippen LogP contribution in [0.5, 0.6) is 0 Å². The fourth-order valence-corrected chi connectivity index (χ4v) is 2.10. The van der Waals surface area contributed by atoms with Gasteiger partial charge in [0.1, 0.15) is 0 Å². The van der Waals surface area contributed by atoms with Crippen LogP contribution >= 0.6 is 0 Å². The predicted octanol–water partition coefficient (Wildman–Crippen LogP) is 1.28. The largest absolute Gasteiger partial charge is 0.433 e. The number of hydrogen-bond acceptors (Lipinski definition) is 6. The zero-order valence-corrected chi connectivity index (χ0v) is 14.0. The summed E-state index contributed by atoms with van der Waals surface area (Å²) in [6.45, 7) is 1.67. The Bertz CT molecular complexity index is 665. The van der Waals surface area contributed by atoms with Crippen molar-refractivity contribution in [1.29, 1.82) is 0 Å². The van der Waals surface area contributed by atoms with Crippen LogP contribution in [0, 0.1) is 5.92 Å². The Balaban J connectivity index is 2.78. The molecule has 0 saturated heterocycles. The maximum atomic E-state index is 12.6. The zero-order chi connectivity index (χ0) is 19.7. The second kappa shape index (κ2) is 9.75. The number of alkyl halides is 3. The van der Waals surface area contributed by atoms with Gasteiger partial charge in [-0.15, -0.1) is 0 Å². The smallest absolute Gasteiger partial charge is 0.291 e. The molecule has 0 bridgehead atoms. The molecular formula is C14H20F3N5O4. The van der Waals surface area contributed by atoms with Gasteiger partial charge in [-0.3, -0.25) is 35.4 Å². The number of hydrogen-bond donors (Lipinski definition) is 4. The lowest BCUT2D eigenvalue weighted by molar-refractivity contribution is -0.154. The first kappa shape index (κ1) is 21.4. The van der Waals surface area contributed by atoms with Gasteiger partial charge < -0.3 is 0 Å². The molecule has 1 aromatic heterocycles. The van der Waals surface area contributed by atoms with Crippen molar-refractivity contribution in [2.24, 2.45) is 5.92 Å². The summed E-state index contributed by atoms with van der Waals surface area (Å²) in [6, 6.07) is 0.286. The molecule has 2 amide bonds. The van der Waals surface area contributed by atoms with E-state index in [4.69, 9.17) is 0 Å². The summed E-state index contributed by atoms with van der Waals surface area (Å²) in [5.74, 6) is -2.08. The van der Waals surface area contributed by atoms with Crippen molar-refractivity contribution in [3.05, 3.63) is 22.1 Å². The lowest BCUT2D eigenvalue weighted by atomic mass is 10.0. The highest BCUT2D eigenvalue weighted by atomic mass is 19.4. The molecule has 146 valence electrons. The number of aromatic amines is 1. The molecule has 0 aliphatic carbocycles. The Labute approximate surface area is 146 Å². The van der Waals surface area contributed by atoms with Crippen molar-refractivity contribution in [2.75, 3.05) is 12.0 Å². The van der Waals surface area contributed by atoms with Gasteiger partial charge in [-0.1, -0.05) is 26.2 Å². The lowest BCUT2D eigenvalue weighted by Gasteiger charge is -2.19. The number of hydroxylamine groups is 2. The van der Waals surface area contributed by atoms with E-state index in [0.717, 1.165) is 12.8 Å². The quantitative estimate of drug-likeness (QED) is 0.210. The van der Waals surface area contributed by atoms with E-state index < -0.39 is 35.2 Å². The molecule has 1 atom stereocenters. The summed E-state index contributed by atoms with van der Waals surface area (Å²) in [7, 11) is 0. The number of hydrazine groups is 1. The van der Waals surface area contributed by atoms with Gasteiger partial charge in [0.2, 0.25) is 18.3 Å². The number of unbranched alkanes of at least 4 members (excludes halogenated alkanes) is 2. The third-order valence-electron chi connectivity index (χ3n) is 3.39. The van der Waals surface area contributed by atoms with Crippen LogP contribution in [0.4, 0.5) is 19.1 Å². The SMILES string of the molecule is CCCCC[C@@H](CN(O)C=O)C(=O)NNc1nc(C(F)(F)F)cc(=O)[nH]1. The molecule has 1 rings (SSSR count). The number of carbonyl (C=O) groups is 2. The Morgan fingerprint density at radius 2 is 2.15 bits per heavy atom. The summed E-state index contributed by atoms with van der Waals surface area (Å²) < 4.78 is 37.9. The number of aromatic nitrogens is 2. The van der Waals surface area contributed by atoms with Crippen molar-refractivity contribution < 1.29 is 28.0 Å². The van der Waals surface area contributed by atoms with E-state index in [-0.39, 0.29) is 19.0 Å². The molecule has 0 aliphatic heterocycles. The molecule has 9 nitrogen and oxygen atoms in total. The molecule has 1 aromatic rings. The number of halogens is 3. The fraction of sp³-hybridized carbons (Fsp3) is 0.571. The molecule has 0 aliphatic rings. The minimum absolute atomic E-state index is 0.138. The van der Waals surface area contributed by atoms with Gasteiger partial charge in [0.25, 0.3) is 5.56 Å². The number of amides is 2. The fourth-order valence-electron chi connectivity index (χ4n) is 2.10. The first-order valence-electron chi connectivity index (χ1n) is 7.82. The Morgan fingerprint density at radius 1 is 1.46 bits per heavy atom. The average molecular weight is 379 g/mol. The number of anilines is 1. The minimum atomic E-state index is -4.82. The van der Waals surface area contributed by atoms with Gasteiger partial charge in [-0.25, -0.2) is 10.0 Å². The summed E-state index contributed by atoms with van der Waals surface area (Å²) in [4.78, 5) is 39.1. The lowest BCUT2D eigenvalue weighted by Crippen LogP contribution is -2.41. The Morgan fingerprint density at radius 3 is 2.73 bits per heavy atom. The highest BCUT2D eigenvalue weighted by molar-refractivity contribution is 5.80. The maximum absolute atomic E-state index is 12.6. The molecule has 0 radical (unpaired) electrons. The van der Waals surface area contributed by atoms with E-state index in [1.165, 1.54) is 0 Å². The van der Waals surface area contributed by atoms with E-state index in [0.29, 0.717) is 17.9 Å². The van der Waals surface area contributed by atoms with Gasteiger partial charge >= 0.3 is 6.18 Å². The summed E-state index contributed by atoms with van der Waals surface area (Å²) in [5, 5.41) is 9.57. The third-order valence-corrected chi connectivity index (χ3v) is 3.39. The van der Waals surface area contributed by atoms with Crippen LogP contribution in [0.1, 0.15) is 38.3 Å². The standard InChI is InChI=1S/C14H20F3N5O4/c1-2-3-4-5-9(7-22(26)8-23)12(25)20-21-13-18-10(14(15,16)17)6-11(24)19-13/h6,8-9,26H,2-5,7H2,1H3,(H,20,25)(H2,18,19,21,24)/t9-/m0/s1. The molecule has 0 spiro atoms. The molecule has 0 aromatic carbocycles. The van der Waals surface area contributed by atoms with Gasteiger partial charge in [-0.2, -0.15) is 13.2 Å². The Kier molecular flexibility index (Phi) is 8.03. The number of nitrogens with zero attached hydrogens (tertiary/aromatic N) is 2. The number of rotatable bonds is 10. The van der Waals surface area contributed by atoms with Crippen LogP contribution < -0.4 is 16.4 Å². The van der Waals surface area contributed by atoms with Crippen molar-refractivity contribution in [3.63, 3.8) is 0 Å². The molecule has 0 fully saturated rings. The second-order valence-electron chi connectivity index (χ2n) is 5.51. The molecule has 4 N–H and O–H groups in total. The van der Waals surface area contributed by atoms with Crippen molar-refractivity contribution in [3.8, 4) is 0 Å². The van der Waals surface area contributed by atoms with Crippen LogP contribution in [0.2, 0.25) is 0 Å². The molecule has 1 heterocycles. The average Bonchev–Trinajstić information content (AvgIpc) is 2.57. The third kappa shape index (κ3) is 7.09. The highest BCUT2D eigenvalue weighted by Crippen LogP contribution is 2.26. The van der Waals surface area contributed by atoms with Crippen LogP contribution in [0.15, 0.2) is 10.9 Å². The molecule has 0 unspecified atom stereocenters. The van der Waals surface area contributed by atoms with Gasteiger partial charge in [-0.05, 0) is 6.42 Å². The van der Waals surface area contributed by atoms with Crippen LogP contribution in [-0.4, -0.2) is 39.1 Å². The van der Waals surface area contributed by atoms with Crippen molar-refractivity contribution in [1.82, 2.24) is 20.5 Å². The van der Waals surface area contributed by atoms with E-state index >= 15 is 0 Å². The first-order valence-corrected chi connectivity index (χ1v) is 7.82. The summed E-state index contributed by atoms with van der Waals surface area (Å²) in [6.07, 6.45) is -1.97. The Hall–Kier alpha value is -2.63. The maximum Gasteiger partial charge on any atom is 0.433 e. The van der Waals surface area contributed by atoms with E-state index in [9.17, 15) is 32.8 Å². The number of H-pyrrole nitrogens is 1. The van der Waals surface area contributed by atoms with E-state index in [2.05, 4.69) is 15.8 Å². The monoisotopic (exact) mass is 379 g/mol. The second-order valence-corrected chi connectivity index (χ2v) is 5.51. The molecular weight excluding hydrogens is 359 g/mol. The highest BCUT2D eigenvalue weighted by Gasteiger charge is 2.33. The normalized spacial score (nSPS) is 12.3. The molecule has 0 saturated carbocycles. The molecule has 26 heavy (non-hydrogen) atoms. The topological polar surface area (TPSA) is 127 Å². The zero-order valence-electron chi connectivity index (χ0n) is 14.0. The molecule has 12 heteroatoms. The van der Waals surface area contributed by atoms with E-state index in [1.807, 2.05) is 11.9 Å². The summed E-state index contributed by atoms with van der Waals surface area (Å²) >= 11 is 0. The van der Waals surface area contributed by atoms with Gasteiger partial charge in [0, 0.05) is 6.07 Å². The van der Waals surface area contributed by atoms with E-state index in [1.54, 1.807) is 0 Å². The van der Waals surface area contributed by atoms with Gasteiger partial charge in [0.05, 0.1) is 12.5 Å². The first-order chi connectivity index (χ1) is 12.2. The minimum Gasteiger partial charge on any atom is -0.291 e. The van der Waals surface area contributed by atoms with Crippen LogP contribution in [-0.2, 0) is 15.8 Å².